The van der Waals surface area contributed by atoms with E-state index < -0.39 is 12.1 Å². The van der Waals surface area contributed by atoms with Crippen molar-refractivity contribution in [2.24, 2.45) is 0 Å². The average molecular weight is 462 g/mol. The van der Waals surface area contributed by atoms with Crippen LogP contribution in [-0.2, 0) is 17.6 Å². The lowest BCUT2D eigenvalue weighted by atomic mass is 9.98. The minimum absolute atomic E-state index is 0.0318. The summed E-state index contributed by atoms with van der Waals surface area (Å²) < 4.78 is 12.0. The molecular formula is C28H31NO5. The number of ether oxygens (including phenoxy) is 2. The van der Waals surface area contributed by atoms with Crippen LogP contribution in [0.3, 0.4) is 0 Å². The van der Waals surface area contributed by atoms with Gasteiger partial charge in [-0.3, -0.25) is 4.79 Å². The molecule has 0 fully saturated rings. The van der Waals surface area contributed by atoms with Crippen LogP contribution in [0.1, 0.15) is 24.0 Å². The van der Waals surface area contributed by atoms with Crippen LogP contribution in [0.5, 0.6) is 11.5 Å². The number of para-hydroxylation sites is 1. The molecule has 1 aliphatic heterocycles. The molecule has 3 N–H and O–H groups in total. The van der Waals surface area contributed by atoms with Crippen molar-refractivity contribution < 1.29 is 24.5 Å². The maximum Gasteiger partial charge on any atom is 0.303 e. The number of rotatable bonds is 11. The smallest absolute Gasteiger partial charge is 0.303 e. The van der Waals surface area contributed by atoms with Gasteiger partial charge in [0.15, 0.2) is 0 Å². The quantitative estimate of drug-likeness (QED) is 0.399. The van der Waals surface area contributed by atoms with Crippen LogP contribution in [0, 0.1) is 0 Å². The van der Waals surface area contributed by atoms with Crippen molar-refractivity contribution in [1.82, 2.24) is 5.32 Å². The predicted molar refractivity (Wildman–Crippen MR) is 131 cm³/mol. The minimum atomic E-state index is -0.784. The van der Waals surface area contributed by atoms with Gasteiger partial charge in [-0.2, -0.15) is 0 Å². The summed E-state index contributed by atoms with van der Waals surface area (Å²) in [5.41, 5.74) is 4.24. The number of hydrogen-bond acceptors (Lipinski definition) is 5. The highest BCUT2D eigenvalue weighted by molar-refractivity contribution is 5.70. The Hall–Kier alpha value is -3.35. The number of aliphatic hydroxyl groups is 1. The Kier molecular flexibility index (Phi) is 8.17. The number of carboxylic acid groups (broad SMARTS) is 1. The van der Waals surface area contributed by atoms with Gasteiger partial charge in [-0.25, -0.2) is 0 Å². The Bertz CT molecular complexity index is 1090. The molecule has 3 aromatic carbocycles. The fourth-order valence-corrected chi connectivity index (χ4v) is 4.15. The van der Waals surface area contributed by atoms with Gasteiger partial charge in [0.1, 0.15) is 30.3 Å². The Morgan fingerprint density at radius 1 is 1.09 bits per heavy atom. The van der Waals surface area contributed by atoms with Crippen molar-refractivity contribution >= 4 is 5.97 Å². The molecule has 0 radical (unpaired) electrons. The lowest BCUT2D eigenvalue weighted by Crippen LogP contribution is -2.39. The number of carbonyl (C=O) groups is 1. The highest BCUT2D eigenvalue weighted by atomic mass is 16.5. The lowest BCUT2D eigenvalue weighted by Gasteiger charge is -2.27. The van der Waals surface area contributed by atoms with Gasteiger partial charge in [-0.1, -0.05) is 60.7 Å². The van der Waals surface area contributed by atoms with E-state index in [1.54, 1.807) is 0 Å². The van der Waals surface area contributed by atoms with Crippen molar-refractivity contribution in [3.8, 4) is 22.6 Å². The molecule has 1 heterocycles. The number of aliphatic carboxylic acids is 1. The summed E-state index contributed by atoms with van der Waals surface area (Å²) in [6.07, 6.45) is 1.82. The molecule has 3 aromatic rings. The first-order valence-corrected chi connectivity index (χ1v) is 11.7. The third-order valence-electron chi connectivity index (χ3n) is 5.94. The summed E-state index contributed by atoms with van der Waals surface area (Å²) in [6, 6.07) is 23.8. The largest absolute Gasteiger partial charge is 0.490 e. The molecule has 0 saturated heterocycles. The number of carboxylic acids is 1. The van der Waals surface area contributed by atoms with Crippen LogP contribution in [0.2, 0.25) is 0 Å². The number of aryl methyl sites for hydroxylation is 2. The Morgan fingerprint density at radius 2 is 1.88 bits per heavy atom. The molecule has 0 aromatic heterocycles. The second-order valence-electron chi connectivity index (χ2n) is 8.60. The molecular weight excluding hydrogens is 430 g/mol. The molecule has 0 aliphatic carbocycles. The van der Waals surface area contributed by atoms with E-state index in [2.05, 4.69) is 11.4 Å². The van der Waals surface area contributed by atoms with Crippen molar-refractivity contribution in [3.63, 3.8) is 0 Å². The summed E-state index contributed by atoms with van der Waals surface area (Å²) in [5, 5.41) is 22.6. The summed E-state index contributed by atoms with van der Waals surface area (Å²) in [5.74, 6) is 0.828. The third-order valence-corrected chi connectivity index (χ3v) is 5.94. The van der Waals surface area contributed by atoms with Gasteiger partial charge in [0.2, 0.25) is 0 Å². The molecule has 178 valence electrons. The first-order valence-electron chi connectivity index (χ1n) is 11.7. The molecule has 0 amide bonds. The molecule has 1 unspecified atom stereocenters. The second-order valence-corrected chi connectivity index (χ2v) is 8.60. The van der Waals surface area contributed by atoms with E-state index in [9.17, 15) is 9.90 Å². The van der Waals surface area contributed by atoms with Crippen molar-refractivity contribution in [3.05, 3.63) is 83.9 Å². The van der Waals surface area contributed by atoms with Crippen molar-refractivity contribution in [1.29, 1.82) is 0 Å². The van der Waals surface area contributed by atoms with E-state index in [0.717, 1.165) is 46.6 Å². The molecule has 2 atom stereocenters. The van der Waals surface area contributed by atoms with E-state index in [1.165, 1.54) is 0 Å². The van der Waals surface area contributed by atoms with Gasteiger partial charge < -0.3 is 25.0 Å². The standard InChI is InChI=1S/C28H31NO5/c30-23(19-33-27-9-5-4-8-25(27)21-6-2-1-3-7-21)17-29-18-24-13-12-22-16-20(11-15-28(31)32)10-14-26(22)34-24/h1-10,14,16,23-24,29-30H,11-13,15,17-19H2,(H,31,32)/t23?,24-/m1/s1. The maximum atomic E-state index is 10.8. The maximum absolute atomic E-state index is 10.8. The number of aliphatic hydroxyl groups excluding tert-OH is 1. The summed E-state index contributed by atoms with van der Waals surface area (Å²) in [7, 11) is 0. The molecule has 0 saturated carbocycles. The molecule has 6 heteroatoms. The zero-order valence-electron chi connectivity index (χ0n) is 19.2. The van der Waals surface area contributed by atoms with Gasteiger partial charge in [-0.05, 0) is 48.1 Å². The zero-order chi connectivity index (χ0) is 23.8. The van der Waals surface area contributed by atoms with E-state index in [4.69, 9.17) is 14.6 Å². The van der Waals surface area contributed by atoms with E-state index in [0.29, 0.717) is 19.5 Å². The van der Waals surface area contributed by atoms with E-state index >= 15 is 0 Å². The summed E-state index contributed by atoms with van der Waals surface area (Å²) >= 11 is 0. The van der Waals surface area contributed by atoms with Gasteiger partial charge in [0, 0.05) is 25.1 Å². The average Bonchev–Trinajstić information content (AvgIpc) is 2.87. The fourth-order valence-electron chi connectivity index (χ4n) is 4.15. The van der Waals surface area contributed by atoms with E-state index in [1.807, 2.05) is 66.7 Å². The first kappa shape index (κ1) is 23.8. The van der Waals surface area contributed by atoms with Crippen LogP contribution in [-0.4, -0.2) is 48.1 Å². The molecule has 34 heavy (non-hydrogen) atoms. The van der Waals surface area contributed by atoms with Gasteiger partial charge in [0.25, 0.3) is 0 Å². The minimum Gasteiger partial charge on any atom is -0.490 e. The molecule has 4 rings (SSSR count). The van der Waals surface area contributed by atoms with E-state index in [-0.39, 0.29) is 19.1 Å². The number of nitrogens with one attached hydrogen (secondary N) is 1. The highest BCUT2D eigenvalue weighted by Crippen LogP contribution is 2.30. The third kappa shape index (κ3) is 6.59. The Balaban J connectivity index is 1.21. The van der Waals surface area contributed by atoms with Crippen molar-refractivity contribution in [2.75, 3.05) is 19.7 Å². The Labute approximate surface area is 200 Å². The molecule has 1 aliphatic rings. The monoisotopic (exact) mass is 461 g/mol. The summed E-state index contributed by atoms with van der Waals surface area (Å²) in [6.45, 7) is 1.25. The number of hydrogen-bond donors (Lipinski definition) is 3. The van der Waals surface area contributed by atoms with Gasteiger partial charge >= 0.3 is 5.97 Å². The second kappa shape index (κ2) is 11.7. The van der Waals surface area contributed by atoms with Crippen LogP contribution in [0.15, 0.2) is 72.8 Å². The van der Waals surface area contributed by atoms with Gasteiger partial charge in [0.05, 0.1) is 0 Å². The topological polar surface area (TPSA) is 88.0 Å². The van der Waals surface area contributed by atoms with Crippen LogP contribution >= 0.6 is 0 Å². The summed E-state index contributed by atoms with van der Waals surface area (Å²) in [4.78, 5) is 10.8. The van der Waals surface area contributed by atoms with Crippen LogP contribution in [0.25, 0.3) is 11.1 Å². The highest BCUT2D eigenvalue weighted by Gasteiger charge is 2.20. The number of benzene rings is 3. The van der Waals surface area contributed by atoms with Crippen LogP contribution in [0.4, 0.5) is 0 Å². The molecule has 0 spiro atoms. The van der Waals surface area contributed by atoms with Gasteiger partial charge in [-0.15, -0.1) is 0 Å². The first-order chi connectivity index (χ1) is 16.6. The molecule has 0 bridgehead atoms. The molecule has 6 nitrogen and oxygen atoms in total. The normalized spacial score (nSPS) is 15.7. The number of fused-ring (bicyclic) bond motifs is 1. The lowest BCUT2D eigenvalue weighted by molar-refractivity contribution is -0.136. The zero-order valence-corrected chi connectivity index (χ0v) is 19.2. The Morgan fingerprint density at radius 3 is 2.71 bits per heavy atom. The van der Waals surface area contributed by atoms with Crippen molar-refractivity contribution in [2.45, 2.75) is 37.9 Å². The predicted octanol–water partition coefficient (Wildman–Crippen LogP) is 4.09. The fraction of sp³-hybridized carbons (Fsp3) is 0.321. The SMILES string of the molecule is O=C(O)CCc1ccc2c(c1)CC[C@H](CNCC(O)COc1ccccc1-c1ccccc1)O2. The van der Waals surface area contributed by atoms with Crippen LogP contribution < -0.4 is 14.8 Å².